The van der Waals surface area contributed by atoms with Gasteiger partial charge in [-0.2, -0.15) is 0 Å². The van der Waals surface area contributed by atoms with Gasteiger partial charge in [0.2, 0.25) is 0 Å². The van der Waals surface area contributed by atoms with Gasteiger partial charge >= 0.3 is 5.97 Å². The molecule has 3 heteroatoms. The number of ether oxygens (including phenoxy) is 1. The van der Waals surface area contributed by atoms with Crippen molar-refractivity contribution in [1.29, 1.82) is 0 Å². The van der Waals surface area contributed by atoms with E-state index in [9.17, 15) is 4.79 Å². The largest absolute Gasteiger partial charge is 0.466 e. The molecule has 0 amide bonds. The third-order valence-corrected chi connectivity index (χ3v) is 1.69. The minimum absolute atomic E-state index is 0.230. The second-order valence-corrected chi connectivity index (χ2v) is 2.70. The molecule has 0 aliphatic heterocycles. The molecule has 0 bridgehead atoms. The molecule has 0 saturated carbocycles. The van der Waals surface area contributed by atoms with Gasteiger partial charge in [0, 0.05) is 6.42 Å². The zero-order chi connectivity index (χ0) is 9.68. The highest BCUT2D eigenvalue weighted by atomic mass is 16.5. The van der Waals surface area contributed by atoms with Crippen molar-refractivity contribution in [3.63, 3.8) is 0 Å². The monoisotopic (exact) mass is 182 g/mol. The molecule has 1 aromatic rings. The molecule has 1 rings (SSSR count). The van der Waals surface area contributed by atoms with Crippen molar-refractivity contribution in [1.82, 2.24) is 0 Å². The maximum Gasteiger partial charge on any atom is 0.313 e. The van der Waals surface area contributed by atoms with E-state index in [1.807, 2.05) is 19.1 Å². The Balaban J connectivity index is 2.49. The van der Waals surface area contributed by atoms with Crippen LogP contribution in [0.4, 0.5) is 0 Å². The van der Waals surface area contributed by atoms with E-state index in [0.717, 1.165) is 12.2 Å². The van der Waals surface area contributed by atoms with E-state index in [1.54, 1.807) is 6.92 Å². The Morgan fingerprint density at radius 3 is 2.62 bits per heavy atom. The molecule has 13 heavy (non-hydrogen) atoms. The molecule has 0 spiro atoms. The second kappa shape index (κ2) is 4.70. The lowest BCUT2D eigenvalue weighted by molar-refractivity contribution is -0.142. The number of hydrogen-bond acceptors (Lipinski definition) is 3. The van der Waals surface area contributed by atoms with Gasteiger partial charge in [-0.05, 0) is 19.1 Å². The number of esters is 1. The summed E-state index contributed by atoms with van der Waals surface area (Å²) in [6.45, 7) is 4.21. The van der Waals surface area contributed by atoms with Crippen molar-refractivity contribution in [3.8, 4) is 0 Å². The minimum Gasteiger partial charge on any atom is -0.466 e. The van der Waals surface area contributed by atoms with Gasteiger partial charge in [-0.1, -0.05) is 6.92 Å². The Morgan fingerprint density at radius 1 is 1.38 bits per heavy atom. The van der Waals surface area contributed by atoms with Crippen molar-refractivity contribution in [2.24, 2.45) is 0 Å². The van der Waals surface area contributed by atoms with E-state index in [1.165, 1.54) is 0 Å². The van der Waals surface area contributed by atoms with E-state index in [2.05, 4.69) is 0 Å². The third kappa shape index (κ3) is 2.93. The van der Waals surface area contributed by atoms with Crippen molar-refractivity contribution < 1.29 is 13.9 Å². The molecular formula is C10H14O3. The van der Waals surface area contributed by atoms with Crippen LogP contribution in [0.2, 0.25) is 0 Å². The SMILES string of the molecule is CCOC(=O)Cc1ccc(CC)o1. The van der Waals surface area contributed by atoms with Gasteiger partial charge in [0.15, 0.2) is 0 Å². The first-order valence-corrected chi connectivity index (χ1v) is 4.49. The van der Waals surface area contributed by atoms with Crippen LogP contribution in [-0.4, -0.2) is 12.6 Å². The van der Waals surface area contributed by atoms with E-state index >= 15 is 0 Å². The van der Waals surface area contributed by atoms with Crippen LogP contribution in [-0.2, 0) is 22.4 Å². The fraction of sp³-hybridized carbons (Fsp3) is 0.500. The average molecular weight is 182 g/mol. The Labute approximate surface area is 77.7 Å². The number of hydrogen-bond donors (Lipinski definition) is 0. The van der Waals surface area contributed by atoms with Gasteiger partial charge < -0.3 is 9.15 Å². The van der Waals surface area contributed by atoms with Gasteiger partial charge in [-0.15, -0.1) is 0 Å². The van der Waals surface area contributed by atoms with Gasteiger partial charge in [0.1, 0.15) is 17.9 Å². The topological polar surface area (TPSA) is 39.4 Å². The van der Waals surface area contributed by atoms with Crippen LogP contribution < -0.4 is 0 Å². The molecule has 0 aromatic carbocycles. The van der Waals surface area contributed by atoms with Crippen molar-refractivity contribution in [2.45, 2.75) is 26.7 Å². The predicted octanol–water partition coefficient (Wildman–Crippen LogP) is 1.95. The first kappa shape index (κ1) is 9.84. The average Bonchev–Trinajstić information content (AvgIpc) is 2.52. The summed E-state index contributed by atoms with van der Waals surface area (Å²) in [7, 11) is 0. The molecule has 0 atom stereocenters. The Kier molecular flexibility index (Phi) is 3.55. The number of furan rings is 1. The third-order valence-electron chi connectivity index (χ3n) is 1.69. The zero-order valence-electron chi connectivity index (χ0n) is 8.00. The lowest BCUT2D eigenvalue weighted by Gasteiger charge is -1.98. The van der Waals surface area contributed by atoms with Crippen molar-refractivity contribution in [3.05, 3.63) is 23.7 Å². The van der Waals surface area contributed by atoms with Crippen LogP contribution >= 0.6 is 0 Å². The normalized spacial score (nSPS) is 10.0. The lowest BCUT2D eigenvalue weighted by atomic mass is 10.3. The van der Waals surface area contributed by atoms with Crippen LogP contribution in [0.25, 0.3) is 0 Å². The maximum atomic E-state index is 11.0. The summed E-state index contributed by atoms with van der Waals surface area (Å²) in [4.78, 5) is 11.0. The number of carbonyl (C=O) groups excluding carboxylic acids is 1. The Hall–Kier alpha value is -1.25. The summed E-state index contributed by atoms with van der Waals surface area (Å²) in [5.74, 6) is 1.34. The molecule has 0 aliphatic rings. The highest BCUT2D eigenvalue weighted by Gasteiger charge is 2.07. The first-order chi connectivity index (χ1) is 6.26. The molecule has 0 unspecified atom stereocenters. The van der Waals surface area contributed by atoms with E-state index in [0.29, 0.717) is 12.4 Å². The van der Waals surface area contributed by atoms with Crippen LogP contribution in [0.3, 0.4) is 0 Å². The van der Waals surface area contributed by atoms with E-state index in [4.69, 9.17) is 9.15 Å². The number of carbonyl (C=O) groups is 1. The second-order valence-electron chi connectivity index (χ2n) is 2.70. The fourth-order valence-corrected chi connectivity index (χ4v) is 1.06. The molecule has 0 fully saturated rings. The van der Waals surface area contributed by atoms with Crippen LogP contribution in [0, 0.1) is 0 Å². The number of aryl methyl sites for hydroxylation is 1. The van der Waals surface area contributed by atoms with Gasteiger partial charge in [0.05, 0.1) is 6.61 Å². The lowest BCUT2D eigenvalue weighted by Crippen LogP contribution is -2.06. The summed E-state index contributed by atoms with van der Waals surface area (Å²) in [5.41, 5.74) is 0. The smallest absolute Gasteiger partial charge is 0.313 e. The Morgan fingerprint density at radius 2 is 2.08 bits per heavy atom. The van der Waals surface area contributed by atoms with Gasteiger partial charge in [-0.3, -0.25) is 4.79 Å². The van der Waals surface area contributed by atoms with Crippen LogP contribution in [0.15, 0.2) is 16.5 Å². The highest BCUT2D eigenvalue weighted by molar-refractivity contribution is 5.71. The van der Waals surface area contributed by atoms with Gasteiger partial charge in [0.25, 0.3) is 0 Å². The summed E-state index contributed by atoms with van der Waals surface area (Å²) < 4.78 is 10.1. The molecule has 72 valence electrons. The molecule has 3 nitrogen and oxygen atoms in total. The first-order valence-electron chi connectivity index (χ1n) is 4.49. The molecular weight excluding hydrogens is 168 g/mol. The Bertz CT molecular complexity index is 275. The maximum absolute atomic E-state index is 11.0. The van der Waals surface area contributed by atoms with Crippen LogP contribution in [0.5, 0.6) is 0 Å². The molecule has 0 N–H and O–H groups in total. The quantitative estimate of drug-likeness (QED) is 0.668. The fourth-order valence-electron chi connectivity index (χ4n) is 1.06. The zero-order valence-corrected chi connectivity index (χ0v) is 8.00. The van der Waals surface area contributed by atoms with Crippen LogP contribution in [0.1, 0.15) is 25.4 Å². The highest BCUT2D eigenvalue weighted by Crippen LogP contribution is 2.09. The summed E-state index contributed by atoms with van der Waals surface area (Å²) in [6, 6.07) is 3.70. The molecule has 1 aromatic heterocycles. The van der Waals surface area contributed by atoms with Gasteiger partial charge in [-0.25, -0.2) is 0 Å². The van der Waals surface area contributed by atoms with Crippen molar-refractivity contribution in [2.75, 3.05) is 6.61 Å². The summed E-state index contributed by atoms with van der Waals surface area (Å²) >= 11 is 0. The molecule has 1 heterocycles. The molecule has 0 radical (unpaired) electrons. The predicted molar refractivity (Wildman–Crippen MR) is 48.4 cm³/mol. The van der Waals surface area contributed by atoms with E-state index in [-0.39, 0.29) is 12.4 Å². The summed E-state index contributed by atoms with van der Waals surface area (Å²) in [5, 5.41) is 0. The van der Waals surface area contributed by atoms with Crippen molar-refractivity contribution >= 4 is 5.97 Å². The standard InChI is InChI=1S/C10H14O3/c1-3-8-5-6-9(13-8)7-10(11)12-4-2/h5-6H,3-4,7H2,1-2H3. The number of rotatable bonds is 4. The minimum atomic E-state index is -0.237. The molecule has 0 saturated heterocycles. The molecule has 0 aliphatic carbocycles. The van der Waals surface area contributed by atoms with E-state index < -0.39 is 0 Å². The summed E-state index contributed by atoms with van der Waals surface area (Å²) in [6.07, 6.45) is 1.08.